The summed E-state index contributed by atoms with van der Waals surface area (Å²) in [4.78, 5) is 33.8. The summed E-state index contributed by atoms with van der Waals surface area (Å²) in [5, 5.41) is 18.0. The molecule has 0 aliphatic rings. The first-order valence-corrected chi connectivity index (χ1v) is 5.16. The summed E-state index contributed by atoms with van der Waals surface area (Å²) >= 11 is 0. The van der Waals surface area contributed by atoms with Crippen molar-refractivity contribution in [3.05, 3.63) is 34.4 Å². The van der Waals surface area contributed by atoms with Gasteiger partial charge < -0.3 is 14.9 Å². The Hall–Kier alpha value is -2.37. The molecule has 1 aromatic carbocycles. The van der Waals surface area contributed by atoms with E-state index in [1.54, 1.807) is 13.8 Å². The molecule has 6 nitrogen and oxygen atoms in total. The van der Waals surface area contributed by atoms with E-state index in [2.05, 4.69) is 4.74 Å². The molecule has 6 heteroatoms. The molecule has 0 bridgehead atoms. The Bertz CT molecular complexity index is 482. The number of carbonyl (C=O) groups excluding carboxylic acids is 1. The molecule has 0 spiro atoms. The van der Waals surface area contributed by atoms with Gasteiger partial charge in [-0.15, -0.1) is 0 Å². The summed E-state index contributed by atoms with van der Waals surface area (Å²) in [7, 11) is 0. The lowest BCUT2D eigenvalue weighted by molar-refractivity contribution is 0.0504. The molecule has 1 rings (SSSR count). The van der Waals surface area contributed by atoms with Crippen LogP contribution in [0.25, 0.3) is 0 Å². The zero-order valence-electron chi connectivity index (χ0n) is 9.89. The SMILES string of the molecule is CCOC(=O)c1c(C(=O)O)cc(C)cc1C(=O)O. The number of carboxylic acid groups (broad SMARTS) is 2. The predicted molar refractivity (Wildman–Crippen MR) is 61.1 cm³/mol. The van der Waals surface area contributed by atoms with Crippen molar-refractivity contribution in [1.29, 1.82) is 0 Å². The highest BCUT2D eigenvalue weighted by atomic mass is 16.5. The molecule has 0 fully saturated rings. The van der Waals surface area contributed by atoms with Crippen molar-refractivity contribution in [2.45, 2.75) is 13.8 Å². The zero-order chi connectivity index (χ0) is 13.9. The molecule has 96 valence electrons. The van der Waals surface area contributed by atoms with Crippen molar-refractivity contribution < 1.29 is 29.3 Å². The van der Waals surface area contributed by atoms with Crippen LogP contribution < -0.4 is 0 Å². The van der Waals surface area contributed by atoms with Gasteiger partial charge >= 0.3 is 17.9 Å². The van der Waals surface area contributed by atoms with E-state index in [0.717, 1.165) is 0 Å². The van der Waals surface area contributed by atoms with Gasteiger partial charge in [-0.05, 0) is 31.5 Å². The summed E-state index contributed by atoms with van der Waals surface area (Å²) in [5.74, 6) is -3.69. The van der Waals surface area contributed by atoms with Crippen molar-refractivity contribution in [3.63, 3.8) is 0 Å². The van der Waals surface area contributed by atoms with Crippen LogP contribution in [0.3, 0.4) is 0 Å². The number of rotatable bonds is 4. The van der Waals surface area contributed by atoms with Gasteiger partial charge in [-0.3, -0.25) is 0 Å². The number of ether oxygens (including phenoxy) is 1. The Morgan fingerprint density at radius 2 is 1.56 bits per heavy atom. The predicted octanol–water partition coefficient (Wildman–Crippen LogP) is 1.57. The highest BCUT2D eigenvalue weighted by molar-refractivity contribution is 6.09. The Labute approximate surface area is 103 Å². The lowest BCUT2D eigenvalue weighted by Gasteiger charge is -2.10. The fraction of sp³-hybridized carbons (Fsp3) is 0.250. The normalized spacial score (nSPS) is 9.89. The molecule has 0 aliphatic carbocycles. The fourth-order valence-electron chi connectivity index (χ4n) is 1.55. The third kappa shape index (κ3) is 2.65. The molecular formula is C12H12O6. The third-order valence-electron chi connectivity index (χ3n) is 2.22. The zero-order valence-corrected chi connectivity index (χ0v) is 9.89. The van der Waals surface area contributed by atoms with Crippen LogP contribution in [-0.4, -0.2) is 34.7 Å². The van der Waals surface area contributed by atoms with E-state index in [1.807, 2.05) is 0 Å². The van der Waals surface area contributed by atoms with Gasteiger partial charge in [-0.25, -0.2) is 14.4 Å². The first-order valence-electron chi connectivity index (χ1n) is 5.16. The summed E-state index contributed by atoms with van der Waals surface area (Å²) in [5.41, 5.74) is -0.725. The molecule has 18 heavy (non-hydrogen) atoms. The fourth-order valence-corrected chi connectivity index (χ4v) is 1.55. The van der Waals surface area contributed by atoms with Crippen molar-refractivity contribution in [2.75, 3.05) is 6.61 Å². The third-order valence-corrected chi connectivity index (χ3v) is 2.22. The van der Waals surface area contributed by atoms with Crippen LogP contribution in [0, 0.1) is 6.92 Å². The monoisotopic (exact) mass is 252 g/mol. The van der Waals surface area contributed by atoms with E-state index in [4.69, 9.17) is 10.2 Å². The number of hydrogen-bond donors (Lipinski definition) is 2. The lowest BCUT2D eigenvalue weighted by Crippen LogP contribution is -2.17. The molecule has 0 saturated heterocycles. The number of aromatic carboxylic acids is 2. The highest BCUT2D eigenvalue weighted by Gasteiger charge is 2.25. The van der Waals surface area contributed by atoms with Gasteiger partial charge in [0.15, 0.2) is 0 Å². The van der Waals surface area contributed by atoms with Gasteiger partial charge in [0.2, 0.25) is 0 Å². The topological polar surface area (TPSA) is 101 Å². The number of esters is 1. The number of carboxylic acids is 2. The average Bonchev–Trinajstić information content (AvgIpc) is 2.27. The maximum Gasteiger partial charge on any atom is 0.339 e. The second kappa shape index (κ2) is 5.31. The molecule has 0 atom stereocenters. The molecular weight excluding hydrogens is 240 g/mol. The molecule has 0 saturated carbocycles. The molecule has 1 aromatic rings. The number of hydrogen-bond acceptors (Lipinski definition) is 4. The van der Waals surface area contributed by atoms with E-state index < -0.39 is 23.5 Å². The minimum Gasteiger partial charge on any atom is -0.478 e. The minimum absolute atomic E-state index is 0.0326. The van der Waals surface area contributed by atoms with Crippen LogP contribution in [0.2, 0.25) is 0 Å². The largest absolute Gasteiger partial charge is 0.478 e. The van der Waals surface area contributed by atoms with Crippen LogP contribution >= 0.6 is 0 Å². The van der Waals surface area contributed by atoms with Gasteiger partial charge in [0.25, 0.3) is 0 Å². The summed E-state index contributed by atoms with van der Waals surface area (Å²) in [6, 6.07) is 2.47. The Morgan fingerprint density at radius 3 is 1.89 bits per heavy atom. The first-order chi connectivity index (χ1) is 8.38. The Kier molecular flexibility index (Phi) is 4.04. The van der Waals surface area contributed by atoms with Gasteiger partial charge in [-0.2, -0.15) is 0 Å². The average molecular weight is 252 g/mol. The number of benzene rings is 1. The van der Waals surface area contributed by atoms with Gasteiger partial charge in [0.05, 0.1) is 23.3 Å². The van der Waals surface area contributed by atoms with Gasteiger partial charge in [0, 0.05) is 0 Å². The summed E-state index contributed by atoms with van der Waals surface area (Å²) < 4.78 is 4.68. The quantitative estimate of drug-likeness (QED) is 0.789. The van der Waals surface area contributed by atoms with Crippen LogP contribution in [0.4, 0.5) is 0 Å². The van der Waals surface area contributed by atoms with Crippen LogP contribution in [0.5, 0.6) is 0 Å². The van der Waals surface area contributed by atoms with Crippen molar-refractivity contribution in [1.82, 2.24) is 0 Å². The van der Waals surface area contributed by atoms with E-state index in [9.17, 15) is 14.4 Å². The second-order valence-electron chi connectivity index (χ2n) is 3.57. The Morgan fingerprint density at radius 1 is 1.11 bits per heavy atom. The second-order valence-corrected chi connectivity index (χ2v) is 3.57. The van der Waals surface area contributed by atoms with Crippen LogP contribution in [0.1, 0.15) is 43.6 Å². The van der Waals surface area contributed by atoms with E-state index in [1.165, 1.54) is 12.1 Å². The van der Waals surface area contributed by atoms with Crippen molar-refractivity contribution in [3.8, 4) is 0 Å². The summed E-state index contributed by atoms with van der Waals surface area (Å²) in [6.45, 7) is 3.13. The number of aryl methyl sites for hydroxylation is 1. The van der Waals surface area contributed by atoms with Gasteiger partial charge in [-0.1, -0.05) is 0 Å². The smallest absolute Gasteiger partial charge is 0.339 e. The van der Waals surface area contributed by atoms with Crippen LogP contribution in [-0.2, 0) is 4.74 Å². The van der Waals surface area contributed by atoms with E-state index >= 15 is 0 Å². The first kappa shape index (κ1) is 13.7. The highest BCUT2D eigenvalue weighted by Crippen LogP contribution is 2.19. The van der Waals surface area contributed by atoms with E-state index in [0.29, 0.717) is 5.56 Å². The van der Waals surface area contributed by atoms with Crippen molar-refractivity contribution >= 4 is 17.9 Å². The molecule has 0 aromatic heterocycles. The van der Waals surface area contributed by atoms with Crippen LogP contribution in [0.15, 0.2) is 12.1 Å². The molecule has 0 radical (unpaired) electrons. The summed E-state index contributed by atoms with van der Waals surface area (Å²) in [6.07, 6.45) is 0. The molecule has 2 N–H and O–H groups in total. The maximum absolute atomic E-state index is 11.7. The minimum atomic E-state index is -1.37. The standard InChI is InChI=1S/C12H12O6/c1-3-18-12(17)9-7(10(13)14)4-6(2)5-8(9)11(15)16/h4-5H,3H2,1-2H3,(H,13,14)(H,15,16). The molecule has 0 heterocycles. The lowest BCUT2D eigenvalue weighted by atomic mass is 9.98. The Balaban J connectivity index is 3.55. The van der Waals surface area contributed by atoms with Gasteiger partial charge in [0.1, 0.15) is 0 Å². The molecule has 0 unspecified atom stereocenters. The molecule has 0 amide bonds. The number of carbonyl (C=O) groups is 3. The maximum atomic E-state index is 11.7. The molecule has 0 aliphatic heterocycles. The van der Waals surface area contributed by atoms with Crippen molar-refractivity contribution in [2.24, 2.45) is 0 Å². The van der Waals surface area contributed by atoms with E-state index in [-0.39, 0.29) is 17.7 Å².